The van der Waals surface area contributed by atoms with Gasteiger partial charge in [-0.3, -0.25) is 0 Å². The molecule has 0 amide bonds. The molecule has 0 saturated carbocycles. The highest BCUT2D eigenvalue weighted by atomic mass is 16.3. The Bertz CT molecular complexity index is 522. The molecule has 0 spiro atoms. The molecule has 2 rings (SSSR count). The number of aromatic hydroxyl groups is 1. The van der Waals surface area contributed by atoms with Crippen LogP contribution in [-0.2, 0) is 6.54 Å². The molecule has 0 aromatic heterocycles. The van der Waals surface area contributed by atoms with Crippen LogP contribution < -0.4 is 5.32 Å². The lowest BCUT2D eigenvalue weighted by Crippen LogP contribution is -2.18. The van der Waals surface area contributed by atoms with E-state index in [1.807, 2.05) is 12.1 Å². The number of nitrogens with one attached hydrogen (secondary N) is 1. The van der Waals surface area contributed by atoms with E-state index in [-0.39, 0.29) is 6.04 Å². The molecule has 2 nitrogen and oxygen atoms in total. The fourth-order valence-corrected chi connectivity index (χ4v) is 2.01. The van der Waals surface area contributed by atoms with Crippen LogP contribution >= 0.6 is 0 Å². The summed E-state index contributed by atoms with van der Waals surface area (Å²) in [5.74, 6) is 0.316. The maximum Gasteiger partial charge on any atom is 0.115 e. The van der Waals surface area contributed by atoms with E-state index in [0.717, 1.165) is 12.1 Å². The molecular weight excluding hydrogens is 222 g/mol. The van der Waals surface area contributed by atoms with E-state index in [2.05, 4.69) is 43.4 Å². The highest BCUT2D eigenvalue weighted by molar-refractivity contribution is 5.29. The number of rotatable bonds is 4. The standard InChI is InChI=1S/C16H19NO/c1-12-5-3-6-14(9-12)11-17-13(2)15-7-4-8-16(18)10-15/h3-10,13,17-18H,11H2,1-2H3. The van der Waals surface area contributed by atoms with Gasteiger partial charge in [0.15, 0.2) is 0 Å². The van der Waals surface area contributed by atoms with Crippen LogP contribution in [0.5, 0.6) is 5.75 Å². The molecule has 0 aliphatic rings. The lowest BCUT2D eigenvalue weighted by atomic mass is 10.1. The van der Waals surface area contributed by atoms with E-state index in [4.69, 9.17) is 0 Å². The van der Waals surface area contributed by atoms with Crippen molar-refractivity contribution < 1.29 is 5.11 Å². The van der Waals surface area contributed by atoms with Crippen molar-refractivity contribution in [3.8, 4) is 5.75 Å². The zero-order valence-electron chi connectivity index (χ0n) is 10.9. The third-order valence-corrected chi connectivity index (χ3v) is 3.07. The van der Waals surface area contributed by atoms with Gasteiger partial charge in [0, 0.05) is 12.6 Å². The van der Waals surface area contributed by atoms with Gasteiger partial charge in [0.25, 0.3) is 0 Å². The fraction of sp³-hybridized carbons (Fsp3) is 0.250. The molecule has 2 N–H and O–H groups in total. The van der Waals surface area contributed by atoms with Crippen molar-refractivity contribution in [1.82, 2.24) is 5.32 Å². The van der Waals surface area contributed by atoms with Crippen LogP contribution in [0.4, 0.5) is 0 Å². The predicted molar refractivity (Wildman–Crippen MR) is 74.5 cm³/mol. The molecule has 0 aliphatic heterocycles. The smallest absolute Gasteiger partial charge is 0.115 e. The lowest BCUT2D eigenvalue weighted by molar-refractivity contribution is 0.472. The van der Waals surface area contributed by atoms with Gasteiger partial charge in [0.1, 0.15) is 5.75 Å². The summed E-state index contributed by atoms with van der Waals surface area (Å²) in [5.41, 5.74) is 3.66. The van der Waals surface area contributed by atoms with Crippen molar-refractivity contribution in [3.05, 3.63) is 65.2 Å². The maximum atomic E-state index is 9.46. The Kier molecular flexibility index (Phi) is 4.00. The van der Waals surface area contributed by atoms with Gasteiger partial charge in [-0.05, 0) is 37.1 Å². The van der Waals surface area contributed by atoms with Gasteiger partial charge in [0.2, 0.25) is 0 Å². The van der Waals surface area contributed by atoms with Gasteiger partial charge in [-0.1, -0.05) is 42.0 Å². The Morgan fingerprint density at radius 2 is 1.89 bits per heavy atom. The quantitative estimate of drug-likeness (QED) is 0.858. The van der Waals surface area contributed by atoms with E-state index in [1.165, 1.54) is 11.1 Å². The Hall–Kier alpha value is -1.80. The van der Waals surface area contributed by atoms with Crippen molar-refractivity contribution in [3.63, 3.8) is 0 Å². The van der Waals surface area contributed by atoms with Crippen molar-refractivity contribution in [2.75, 3.05) is 0 Å². The highest BCUT2D eigenvalue weighted by Gasteiger charge is 2.05. The molecule has 0 radical (unpaired) electrons. The van der Waals surface area contributed by atoms with Crippen LogP contribution in [0.15, 0.2) is 48.5 Å². The Balaban J connectivity index is 1.98. The summed E-state index contributed by atoms with van der Waals surface area (Å²) in [6.07, 6.45) is 0. The first-order valence-corrected chi connectivity index (χ1v) is 6.23. The normalized spacial score (nSPS) is 12.3. The van der Waals surface area contributed by atoms with Crippen LogP contribution in [0.25, 0.3) is 0 Å². The third-order valence-electron chi connectivity index (χ3n) is 3.07. The first-order chi connectivity index (χ1) is 8.65. The van der Waals surface area contributed by atoms with Crippen molar-refractivity contribution in [2.45, 2.75) is 26.4 Å². The molecular formula is C16H19NO. The maximum absolute atomic E-state index is 9.46. The average molecular weight is 241 g/mol. The van der Waals surface area contributed by atoms with Gasteiger partial charge in [-0.2, -0.15) is 0 Å². The van der Waals surface area contributed by atoms with Gasteiger partial charge < -0.3 is 10.4 Å². The molecule has 94 valence electrons. The Labute approximate surface area is 108 Å². The number of benzene rings is 2. The summed E-state index contributed by atoms with van der Waals surface area (Å²) in [5, 5.41) is 12.9. The molecule has 2 aromatic carbocycles. The van der Waals surface area contributed by atoms with Crippen LogP contribution in [0.1, 0.15) is 29.7 Å². The molecule has 0 fully saturated rings. The molecule has 0 bridgehead atoms. The minimum atomic E-state index is 0.220. The summed E-state index contributed by atoms with van der Waals surface area (Å²) in [7, 11) is 0. The van der Waals surface area contributed by atoms with E-state index in [0.29, 0.717) is 5.75 Å². The summed E-state index contributed by atoms with van der Waals surface area (Å²) in [6.45, 7) is 5.03. The Morgan fingerprint density at radius 3 is 2.61 bits per heavy atom. The van der Waals surface area contributed by atoms with Crippen LogP contribution in [0.2, 0.25) is 0 Å². The molecule has 2 heteroatoms. The van der Waals surface area contributed by atoms with Crippen LogP contribution in [0.3, 0.4) is 0 Å². The molecule has 1 atom stereocenters. The number of hydrogen-bond acceptors (Lipinski definition) is 2. The van der Waals surface area contributed by atoms with Crippen LogP contribution in [0, 0.1) is 6.92 Å². The first-order valence-electron chi connectivity index (χ1n) is 6.23. The van der Waals surface area contributed by atoms with Gasteiger partial charge in [-0.25, -0.2) is 0 Å². The summed E-state index contributed by atoms with van der Waals surface area (Å²) in [4.78, 5) is 0. The SMILES string of the molecule is Cc1cccc(CNC(C)c2cccc(O)c2)c1. The van der Waals surface area contributed by atoms with Crippen LogP contribution in [-0.4, -0.2) is 5.11 Å². The first kappa shape index (κ1) is 12.7. The van der Waals surface area contributed by atoms with Crippen molar-refractivity contribution in [1.29, 1.82) is 0 Å². The van der Waals surface area contributed by atoms with E-state index < -0.39 is 0 Å². The number of hydrogen-bond donors (Lipinski definition) is 2. The summed E-state index contributed by atoms with van der Waals surface area (Å²) in [6, 6.07) is 16.1. The zero-order valence-corrected chi connectivity index (χ0v) is 10.9. The monoisotopic (exact) mass is 241 g/mol. The number of aryl methyl sites for hydroxylation is 1. The van der Waals surface area contributed by atoms with E-state index in [1.54, 1.807) is 12.1 Å². The summed E-state index contributed by atoms with van der Waals surface area (Å²) < 4.78 is 0. The molecule has 1 unspecified atom stereocenters. The average Bonchev–Trinajstić information content (AvgIpc) is 2.36. The third kappa shape index (κ3) is 3.34. The van der Waals surface area contributed by atoms with Crippen molar-refractivity contribution in [2.24, 2.45) is 0 Å². The zero-order chi connectivity index (χ0) is 13.0. The second-order valence-corrected chi connectivity index (χ2v) is 4.69. The molecule has 18 heavy (non-hydrogen) atoms. The minimum Gasteiger partial charge on any atom is -0.508 e. The van der Waals surface area contributed by atoms with Gasteiger partial charge >= 0.3 is 0 Å². The molecule has 0 saturated heterocycles. The lowest BCUT2D eigenvalue weighted by Gasteiger charge is -2.14. The molecule has 0 heterocycles. The second kappa shape index (κ2) is 5.69. The summed E-state index contributed by atoms with van der Waals surface area (Å²) >= 11 is 0. The highest BCUT2D eigenvalue weighted by Crippen LogP contribution is 2.18. The topological polar surface area (TPSA) is 32.3 Å². The predicted octanol–water partition coefficient (Wildman–Crippen LogP) is 3.55. The largest absolute Gasteiger partial charge is 0.508 e. The molecule has 2 aromatic rings. The Morgan fingerprint density at radius 1 is 1.11 bits per heavy atom. The van der Waals surface area contributed by atoms with E-state index in [9.17, 15) is 5.11 Å². The van der Waals surface area contributed by atoms with Crippen molar-refractivity contribution >= 4 is 0 Å². The second-order valence-electron chi connectivity index (χ2n) is 4.69. The van der Waals surface area contributed by atoms with Gasteiger partial charge in [-0.15, -0.1) is 0 Å². The minimum absolute atomic E-state index is 0.220. The molecule has 0 aliphatic carbocycles. The van der Waals surface area contributed by atoms with Gasteiger partial charge in [0.05, 0.1) is 0 Å². The van der Waals surface area contributed by atoms with E-state index >= 15 is 0 Å². The fourth-order valence-electron chi connectivity index (χ4n) is 2.01. The number of phenolic OH excluding ortho intramolecular Hbond substituents is 1. The number of phenols is 1.